The Hall–Kier alpha value is -3.34. The Balaban J connectivity index is 2.85. The van der Waals surface area contributed by atoms with Crippen LogP contribution in [0.4, 0.5) is 11.4 Å². The summed E-state index contributed by atoms with van der Waals surface area (Å²) in [6.45, 7) is 3.40. The van der Waals surface area contributed by atoms with E-state index in [4.69, 9.17) is 10.5 Å². The van der Waals surface area contributed by atoms with E-state index in [0.717, 1.165) is 4.90 Å². The van der Waals surface area contributed by atoms with Gasteiger partial charge in [0, 0.05) is 25.4 Å². The SMILES string of the molecule is CCOC(=O)CCN/C=C(/C#N)C(=O)N(C(C)=O)c1ccc(N)cc1. The number of anilines is 2. The molecule has 132 valence electrons. The fourth-order valence-electron chi connectivity index (χ4n) is 1.91. The number of imide groups is 1. The number of esters is 1. The molecule has 8 nitrogen and oxygen atoms in total. The lowest BCUT2D eigenvalue weighted by atomic mass is 10.2. The number of benzene rings is 1. The number of nitriles is 1. The van der Waals surface area contributed by atoms with Crippen LogP contribution in [0.1, 0.15) is 20.3 Å². The first kappa shape index (κ1) is 19.7. The molecule has 0 aliphatic rings. The summed E-state index contributed by atoms with van der Waals surface area (Å²) in [6, 6.07) is 7.86. The molecule has 0 radical (unpaired) electrons. The van der Waals surface area contributed by atoms with Gasteiger partial charge in [0.15, 0.2) is 0 Å². The summed E-state index contributed by atoms with van der Waals surface area (Å²) >= 11 is 0. The van der Waals surface area contributed by atoms with Crippen molar-refractivity contribution in [2.75, 3.05) is 23.8 Å². The van der Waals surface area contributed by atoms with E-state index in [9.17, 15) is 19.6 Å². The normalized spacial score (nSPS) is 10.5. The number of rotatable bonds is 7. The quantitative estimate of drug-likeness (QED) is 0.249. The van der Waals surface area contributed by atoms with E-state index < -0.39 is 11.8 Å². The zero-order chi connectivity index (χ0) is 18.8. The topological polar surface area (TPSA) is 126 Å². The number of ether oxygens (including phenoxy) is 1. The molecule has 0 bridgehead atoms. The number of carbonyl (C=O) groups excluding carboxylic acids is 3. The van der Waals surface area contributed by atoms with E-state index >= 15 is 0 Å². The third-order valence-electron chi connectivity index (χ3n) is 3.05. The van der Waals surface area contributed by atoms with Crippen molar-refractivity contribution >= 4 is 29.2 Å². The third-order valence-corrected chi connectivity index (χ3v) is 3.05. The minimum atomic E-state index is -0.775. The average molecular weight is 344 g/mol. The highest BCUT2D eigenvalue weighted by molar-refractivity contribution is 6.21. The van der Waals surface area contributed by atoms with Crippen molar-refractivity contribution in [2.24, 2.45) is 0 Å². The predicted molar refractivity (Wildman–Crippen MR) is 92.0 cm³/mol. The van der Waals surface area contributed by atoms with E-state index in [2.05, 4.69) is 5.32 Å². The Bertz CT molecular complexity index is 704. The zero-order valence-electron chi connectivity index (χ0n) is 14.1. The van der Waals surface area contributed by atoms with Gasteiger partial charge in [0.2, 0.25) is 5.91 Å². The van der Waals surface area contributed by atoms with E-state index in [1.165, 1.54) is 25.3 Å². The summed E-state index contributed by atoms with van der Waals surface area (Å²) in [6.07, 6.45) is 1.26. The molecule has 0 unspecified atom stereocenters. The van der Waals surface area contributed by atoms with Crippen LogP contribution in [-0.2, 0) is 19.1 Å². The van der Waals surface area contributed by atoms with Crippen LogP contribution in [0.3, 0.4) is 0 Å². The molecule has 0 spiro atoms. The minimum Gasteiger partial charge on any atom is -0.466 e. The highest BCUT2D eigenvalue weighted by atomic mass is 16.5. The first-order valence-corrected chi connectivity index (χ1v) is 7.60. The number of amides is 2. The Kier molecular flexibility index (Phi) is 7.66. The minimum absolute atomic E-state index is 0.0889. The molecule has 0 saturated heterocycles. The molecule has 0 heterocycles. The summed E-state index contributed by atoms with van der Waals surface area (Å²) in [4.78, 5) is 36.4. The lowest BCUT2D eigenvalue weighted by molar-refractivity contribution is -0.143. The van der Waals surface area contributed by atoms with Gasteiger partial charge < -0.3 is 15.8 Å². The molecule has 0 aromatic heterocycles. The van der Waals surface area contributed by atoms with Gasteiger partial charge >= 0.3 is 5.97 Å². The van der Waals surface area contributed by atoms with E-state index in [-0.39, 0.29) is 31.1 Å². The van der Waals surface area contributed by atoms with Crippen molar-refractivity contribution in [1.29, 1.82) is 5.26 Å². The zero-order valence-corrected chi connectivity index (χ0v) is 14.1. The van der Waals surface area contributed by atoms with Crippen LogP contribution in [0.25, 0.3) is 0 Å². The van der Waals surface area contributed by atoms with Crippen molar-refractivity contribution in [3.63, 3.8) is 0 Å². The molecule has 0 aliphatic carbocycles. The fraction of sp³-hybridized carbons (Fsp3) is 0.294. The Morgan fingerprint density at radius 2 is 1.96 bits per heavy atom. The molecule has 0 fully saturated rings. The number of hydrogen-bond donors (Lipinski definition) is 2. The first-order valence-electron chi connectivity index (χ1n) is 7.60. The van der Waals surface area contributed by atoms with Gasteiger partial charge in [-0.2, -0.15) is 5.26 Å². The van der Waals surface area contributed by atoms with Gasteiger partial charge in [-0.05, 0) is 31.2 Å². The third kappa shape index (κ3) is 5.99. The van der Waals surface area contributed by atoms with Crippen LogP contribution >= 0.6 is 0 Å². The van der Waals surface area contributed by atoms with Crippen LogP contribution in [0.15, 0.2) is 36.0 Å². The molecule has 0 aliphatic heterocycles. The van der Waals surface area contributed by atoms with Gasteiger partial charge in [-0.3, -0.25) is 14.4 Å². The molecule has 1 aromatic carbocycles. The highest BCUT2D eigenvalue weighted by Crippen LogP contribution is 2.18. The summed E-state index contributed by atoms with van der Waals surface area (Å²) in [5.41, 5.74) is 6.11. The maximum atomic E-state index is 12.5. The second-order valence-electron chi connectivity index (χ2n) is 4.93. The summed E-state index contributed by atoms with van der Waals surface area (Å²) in [7, 11) is 0. The van der Waals surface area contributed by atoms with Gasteiger partial charge in [0.1, 0.15) is 11.6 Å². The van der Waals surface area contributed by atoms with Crippen molar-refractivity contribution in [1.82, 2.24) is 5.32 Å². The van der Waals surface area contributed by atoms with Crippen molar-refractivity contribution in [3.05, 3.63) is 36.0 Å². The average Bonchev–Trinajstić information content (AvgIpc) is 2.56. The van der Waals surface area contributed by atoms with Gasteiger partial charge in [-0.1, -0.05) is 0 Å². The predicted octanol–water partition coefficient (Wildman–Crippen LogP) is 1.10. The van der Waals surface area contributed by atoms with Crippen molar-refractivity contribution in [3.8, 4) is 6.07 Å². The van der Waals surface area contributed by atoms with Gasteiger partial charge in [0.05, 0.1) is 18.7 Å². The first-order chi connectivity index (χ1) is 11.9. The van der Waals surface area contributed by atoms with E-state index in [1.807, 2.05) is 0 Å². The lowest BCUT2D eigenvalue weighted by Crippen LogP contribution is -2.36. The Morgan fingerprint density at radius 3 is 2.48 bits per heavy atom. The molecular weight excluding hydrogens is 324 g/mol. The monoisotopic (exact) mass is 344 g/mol. The van der Waals surface area contributed by atoms with Crippen LogP contribution in [0.2, 0.25) is 0 Å². The number of nitrogens with one attached hydrogen (secondary N) is 1. The number of nitrogen functional groups attached to an aromatic ring is 1. The molecule has 25 heavy (non-hydrogen) atoms. The maximum Gasteiger partial charge on any atom is 0.307 e. The van der Waals surface area contributed by atoms with Gasteiger partial charge in [-0.15, -0.1) is 0 Å². The molecule has 0 saturated carbocycles. The fourth-order valence-corrected chi connectivity index (χ4v) is 1.91. The van der Waals surface area contributed by atoms with Crippen molar-refractivity contribution < 1.29 is 19.1 Å². The molecule has 3 N–H and O–H groups in total. The number of carbonyl (C=O) groups is 3. The molecule has 1 rings (SSSR count). The molecule has 2 amide bonds. The number of hydrogen-bond acceptors (Lipinski definition) is 7. The van der Waals surface area contributed by atoms with Crippen LogP contribution in [0.5, 0.6) is 0 Å². The van der Waals surface area contributed by atoms with Crippen LogP contribution < -0.4 is 16.0 Å². The second-order valence-corrected chi connectivity index (χ2v) is 4.93. The lowest BCUT2D eigenvalue weighted by Gasteiger charge is -2.19. The van der Waals surface area contributed by atoms with Crippen molar-refractivity contribution in [2.45, 2.75) is 20.3 Å². The van der Waals surface area contributed by atoms with E-state index in [0.29, 0.717) is 11.4 Å². The Labute approximate surface area is 145 Å². The Morgan fingerprint density at radius 1 is 1.32 bits per heavy atom. The second kappa shape index (κ2) is 9.72. The summed E-state index contributed by atoms with van der Waals surface area (Å²) in [5.74, 6) is -1.70. The van der Waals surface area contributed by atoms with Gasteiger partial charge in [-0.25, -0.2) is 4.90 Å². The number of nitrogens with zero attached hydrogens (tertiary/aromatic N) is 2. The maximum absolute atomic E-state index is 12.5. The smallest absolute Gasteiger partial charge is 0.307 e. The summed E-state index contributed by atoms with van der Waals surface area (Å²) < 4.78 is 4.77. The molecule has 1 aromatic rings. The van der Waals surface area contributed by atoms with E-state index in [1.54, 1.807) is 25.1 Å². The molecular formula is C17H20N4O4. The number of nitrogens with two attached hydrogens (primary N) is 1. The standard InChI is InChI=1S/C17H20N4O4/c1-3-25-16(23)8-9-20-11-13(10-18)17(24)21(12(2)22)15-6-4-14(19)5-7-15/h4-7,11,20H,3,8-9,19H2,1-2H3/b13-11-. The molecule has 8 heteroatoms. The van der Waals surface area contributed by atoms with Crippen LogP contribution in [0, 0.1) is 11.3 Å². The highest BCUT2D eigenvalue weighted by Gasteiger charge is 2.23. The summed E-state index contributed by atoms with van der Waals surface area (Å²) in [5, 5.41) is 11.9. The molecule has 0 atom stereocenters. The van der Waals surface area contributed by atoms with Crippen LogP contribution in [-0.4, -0.2) is 30.9 Å². The largest absolute Gasteiger partial charge is 0.466 e. The van der Waals surface area contributed by atoms with Gasteiger partial charge in [0.25, 0.3) is 5.91 Å².